The summed E-state index contributed by atoms with van der Waals surface area (Å²) in [6.45, 7) is 0.210. The van der Waals surface area contributed by atoms with Gasteiger partial charge in [-0.05, 0) is 68.4 Å². The van der Waals surface area contributed by atoms with E-state index in [1.165, 1.54) is 11.3 Å². The molecule has 0 spiro atoms. The van der Waals surface area contributed by atoms with Crippen molar-refractivity contribution >= 4 is 53.3 Å². The Balaban J connectivity index is 1.35. The fourth-order valence-electron chi connectivity index (χ4n) is 5.27. The number of thiazole rings is 1. The molecule has 5 N–H and O–H groups in total. The van der Waals surface area contributed by atoms with Gasteiger partial charge in [-0.25, -0.2) is 26.6 Å². The van der Waals surface area contributed by atoms with Crippen molar-refractivity contribution < 1.29 is 48.9 Å². The predicted octanol–water partition coefficient (Wildman–Crippen LogP) is 3.14. The van der Waals surface area contributed by atoms with Crippen molar-refractivity contribution in [2.24, 2.45) is 5.73 Å². The van der Waals surface area contributed by atoms with Crippen LogP contribution in [0.1, 0.15) is 55.5 Å². The number of rotatable bonds is 16. The van der Waals surface area contributed by atoms with E-state index in [1.54, 1.807) is 18.2 Å². The van der Waals surface area contributed by atoms with Crippen molar-refractivity contribution in [1.29, 1.82) is 0 Å². The predicted molar refractivity (Wildman–Crippen MR) is 173 cm³/mol. The molecule has 2 aromatic carbocycles. The number of aromatic nitrogens is 1. The number of fused-ring (bicyclic) bond motifs is 1. The zero-order valence-electron chi connectivity index (χ0n) is 25.8. The van der Waals surface area contributed by atoms with Crippen LogP contribution in [0.25, 0.3) is 10.2 Å². The van der Waals surface area contributed by atoms with Gasteiger partial charge in [-0.3, -0.25) is 14.1 Å². The molecule has 4 rings (SSSR count). The maximum Gasteiger partial charge on any atom is 0.266 e. The number of hydrogen-bond acceptors (Lipinski definition) is 10. The summed E-state index contributed by atoms with van der Waals surface area (Å²) in [5, 5.41) is 5.87. The van der Waals surface area contributed by atoms with E-state index < -0.39 is 60.6 Å². The molecule has 0 radical (unpaired) electrons. The third kappa shape index (κ3) is 10.8. The number of amides is 2. The lowest BCUT2D eigenvalue weighted by Crippen LogP contribution is -2.51. The van der Waals surface area contributed by atoms with Crippen LogP contribution in [0.15, 0.2) is 30.3 Å². The van der Waals surface area contributed by atoms with Gasteiger partial charge in [0.15, 0.2) is 21.5 Å². The van der Waals surface area contributed by atoms with Gasteiger partial charge >= 0.3 is 0 Å². The van der Waals surface area contributed by atoms with Crippen LogP contribution in [0.5, 0.6) is 5.75 Å². The molecule has 18 heteroatoms. The van der Waals surface area contributed by atoms with E-state index in [4.69, 9.17) is 20.0 Å². The van der Waals surface area contributed by atoms with E-state index >= 15 is 0 Å². The highest BCUT2D eigenvalue weighted by atomic mass is 32.2. The molecule has 2 amide bonds. The second kappa shape index (κ2) is 15.9. The van der Waals surface area contributed by atoms with Crippen LogP contribution in [-0.2, 0) is 41.5 Å². The van der Waals surface area contributed by atoms with Gasteiger partial charge in [0.2, 0.25) is 11.8 Å². The van der Waals surface area contributed by atoms with Gasteiger partial charge in [0.05, 0.1) is 39.6 Å². The summed E-state index contributed by atoms with van der Waals surface area (Å²) in [7, 11) is -7.45. The van der Waals surface area contributed by atoms with Crippen molar-refractivity contribution in [3.8, 4) is 5.75 Å². The highest BCUT2D eigenvalue weighted by Gasteiger charge is 2.42. The van der Waals surface area contributed by atoms with Crippen molar-refractivity contribution in [2.45, 2.75) is 62.9 Å². The lowest BCUT2D eigenvalue weighted by atomic mass is 9.92. The Morgan fingerprint density at radius 1 is 1.04 bits per heavy atom. The molecule has 1 atom stereocenters. The molecule has 1 aliphatic heterocycles. The van der Waals surface area contributed by atoms with Gasteiger partial charge in [-0.1, -0.05) is 0 Å². The number of halogens is 3. The fraction of sp³-hybridized carbons (Fsp3) is 0.500. The number of nitrogens with zero attached hydrogens (tertiary/aromatic N) is 1. The molecule has 3 aromatic rings. The minimum Gasteiger partial charge on any atom is -0.494 e. The second-order valence-electron chi connectivity index (χ2n) is 11.8. The Hall–Kier alpha value is -3.32. The van der Waals surface area contributed by atoms with Crippen molar-refractivity contribution in [3.63, 3.8) is 0 Å². The van der Waals surface area contributed by atoms with E-state index in [2.05, 4.69) is 10.6 Å². The topological polar surface area (TPSA) is 195 Å². The van der Waals surface area contributed by atoms with Gasteiger partial charge in [0, 0.05) is 31.5 Å². The van der Waals surface area contributed by atoms with E-state index in [-0.39, 0.29) is 61.6 Å². The first-order valence-electron chi connectivity index (χ1n) is 15.2. The molecule has 1 aromatic heterocycles. The molecule has 0 bridgehead atoms. The molecule has 0 aliphatic carbocycles. The van der Waals surface area contributed by atoms with Crippen molar-refractivity contribution in [2.75, 3.05) is 30.4 Å². The van der Waals surface area contributed by atoms with E-state index in [9.17, 15) is 39.6 Å². The molecule has 12 nitrogen and oxygen atoms in total. The SMILES string of the molecule is N[C@@H](CC(=O)NC1(c2nc3ccc(OCCCCCC(=O)NCCS(=O)(=O)O)cc3s2)CCS(=O)(=O)CC1)Cc1cc(F)c(F)cc1F. The normalized spacial score (nSPS) is 16.4. The third-order valence-corrected chi connectivity index (χ3v) is 11.4. The number of sulfone groups is 1. The summed E-state index contributed by atoms with van der Waals surface area (Å²) in [4.78, 5) is 29.7. The summed E-state index contributed by atoms with van der Waals surface area (Å²) in [6.07, 6.45) is 1.76. The number of carbonyl (C=O) groups is 2. The maximum atomic E-state index is 14.1. The number of ether oxygens (including phenoxy) is 1. The fourth-order valence-corrected chi connectivity index (χ4v) is 8.35. The molecule has 48 heavy (non-hydrogen) atoms. The Bertz CT molecular complexity index is 1840. The van der Waals surface area contributed by atoms with Crippen molar-refractivity contribution in [3.05, 3.63) is 58.4 Å². The van der Waals surface area contributed by atoms with Crippen LogP contribution < -0.4 is 21.1 Å². The van der Waals surface area contributed by atoms with E-state index in [0.717, 1.165) is 4.70 Å². The van der Waals surface area contributed by atoms with E-state index in [1.807, 2.05) is 0 Å². The zero-order valence-corrected chi connectivity index (χ0v) is 28.3. The standard InChI is InChI=1S/C30H37F3N4O8S3/c31-22-18-24(33)23(32)15-19(22)14-20(34)16-28(39)37-30(7-11-47(40,41)12-8-30)29-36-25-6-5-21(17-26(25)46-29)45-10-3-1-2-4-27(38)35-9-13-48(42,43)44/h5-6,15,17-18,20H,1-4,7-14,16,34H2,(H,35,38)(H,37,39)(H,42,43,44)/t20-/m1/s1. The Labute approximate surface area is 280 Å². The first kappa shape index (κ1) is 37.5. The van der Waals surface area contributed by atoms with Crippen molar-refractivity contribution in [1.82, 2.24) is 15.6 Å². The number of nitrogens with one attached hydrogen (secondary N) is 2. The zero-order chi connectivity index (χ0) is 35.1. The lowest BCUT2D eigenvalue weighted by molar-refractivity contribution is -0.124. The number of carbonyl (C=O) groups excluding carboxylic acids is 2. The number of benzene rings is 2. The summed E-state index contributed by atoms with van der Waals surface area (Å²) < 4.78 is 102. The van der Waals surface area contributed by atoms with Gasteiger partial charge in [0.1, 0.15) is 16.6 Å². The molecule has 1 saturated heterocycles. The summed E-state index contributed by atoms with van der Waals surface area (Å²) in [6, 6.07) is 5.48. The number of unbranched alkanes of at least 4 members (excludes halogenated alkanes) is 2. The van der Waals surface area contributed by atoms with Crippen LogP contribution in [0.2, 0.25) is 0 Å². The molecule has 1 fully saturated rings. The highest BCUT2D eigenvalue weighted by molar-refractivity contribution is 7.91. The second-order valence-corrected chi connectivity index (χ2v) is 16.7. The minimum atomic E-state index is -4.13. The summed E-state index contributed by atoms with van der Waals surface area (Å²) in [5.41, 5.74) is 5.42. The van der Waals surface area contributed by atoms with Crippen LogP contribution in [0, 0.1) is 17.5 Å². The lowest BCUT2D eigenvalue weighted by Gasteiger charge is -2.36. The molecule has 1 aliphatic rings. The maximum absolute atomic E-state index is 14.1. The van der Waals surface area contributed by atoms with Crippen LogP contribution >= 0.6 is 11.3 Å². The minimum absolute atomic E-state index is 0.0792. The molecule has 2 heterocycles. The van der Waals surface area contributed by atoms with Crippen LogP contribution in [0.4, 0.5) is 13.2 Å². The number of nitrogens with two attached hydrogens (primary N) is 1. The molecular formula is C30H37F3N4O8S3. The quantitative estimate of drug-likeness (QED) is 0.0965. The van der Waals surface area contributed by atoms with Gasteiger partial charge in [0.25, 0.3) is 10.1 Å². The van der Waals surface area contributed by atoms with Gasteiger partial charge in [-0.2, -0.15) is 8.42 Å². The largest absolute Gasteiger partial charge is 0.494 e. The van der Waals surface area contributed by atoms with Crippen LogP contribution in [-0.4, -0.2) is 74.6 Å². The first-order chi connectivity index (χ1) is 22.5. The average molecular weight is 735 g/mol. The van der Waals surface area contributed by atoms with Gasteiger partial charge < -0.3 is 21.1 Å². The Morgan fingerprint density at radius 2 is 1.75 bits per heavy atom. The third-order valence-electron chi connectivity index (χ3n) is 7.85. The van der Waals surface area contributed by atoms with Gasteiger partial charge in [-0.15, -0.1) is 11.3 Å². The molecular weight excluding hydrogens is 698 g/mol. The van der Waals surface area contributed by atoms with Crippen LogP contribution in [0.3, 0.4) is 0 Å². The van der Waals surface area contributed by atoms with E-state index in [0.29, 0.717) is 54.3 Å². The molecule has 0 saturated carbocycles. The number of hydrogen-bond donors (Lipinski definition) is 4. The highest BCUT2D eigenvalue weighted by Crippen LogP contribution is 2.39. The molecule has 264 valence electrons. The summed E-state index contributed by atoms with van der Waals surface area (Å²) >= 11 is 1.29. The molecule has 0 unspecified atom stereocenters. The average Bonchev–Trinajstić information content (AvgIpc) is 3.42. The Kier molecular flexibility index (Phi) is 12.4. The Morgan fingerprint density at radius 3 is 2.46 bits per heavy atom. The summed E-state index contributed by atoms with van der Waals surface area (Å²) in [5.74, 6) is -4.69. The first-order valence-corrected chi connectivity index (χ1v) is 19.4. The smallest absolute Gasteiger partial charge is 0.266 e. The monoisotopic (exact) mass is 734 g/mol.